The molecule has 2 aromatic heterocycles. The van der Waals surface area contributed by atoms with Crippen molar-refractivity contribution in [3.8, 4) is 0 Å². The number of hydrogen-bond donors (Lipinski definition) is 3. The summed E-state index contributed by atoms with van der Waals surface area (Å²) in [5.74, 6) is 3.18. The zero-order valence-electron chi connectivity index (χ0n) is 18.9. The summed E-state index contributed by atoms with van der Waals surface area (Å²) in [6.07, 6.45) is 9.83. The van der Waals surface area contributed by atoms with Crippen molar-refractivity contribution in [3.05, 3.63) is 47.2 Å². The Morgan fingerprint density at radius 1 is 1.16 bits per heavy atom. The van der Waals surface area contributed by atoms with E-state index in [2.05, 4.69) is 68.6 Å². The largest absolute Gasteiger partial charge is 0.361 e. The molecule has 0 atom stereocenters. The van der Waals surface area contributed by atoms with E-state index in [1.165, 1.54) is 47.1 Å². The number of nitrogens with one attached hydrogen (secondary N) is 3. The van der Waals surface area contributed by atoms with Gasteiger partial charge in [0.25, 0.3) is 0 Å². The van der Waals surface area contributed by atoms with Crippen molar-refractivity contribution in [2.45, 2.75) is 65.3 Å². The monoisotopic (exact) mass is 421 g/mol. The van der Waals surface area contributed by atoms with Gasteiger partial charge >= 0.3 is 0 Å². The number of benzene rings is 1. The van der Waals surface area contributed by atoms with Crippen molar-refractivity contribution in [2.24, 2.45) is 4.99 Å². The van der Waals surface area contributed by atoms with Gasteiger partial charge in [0.05, 0.1) is 0 Å². The molecule has 0 saturated carbocycles. The normalized spacial score (nSPS) is 14.5. The number of hydrogen-bond acceptors (Lipinski definition) is 3. The van der Waals surface area contributed by atoms with Crippen LogP contribution in [0.25, 0.3) is 10.9 Å². The first-order valence-corrected chi connectivity index (χ1v) is 11.7. The zero-order chi connectivity index (χ0) is 21.5. The van der Waals surface area contributed by atoms with E-state index in [0.29, 0.717) is 0 Å². The van der Waals surface area contributed by atoms with E-state index in [-0.39, 0.29) is 0 Å². The van der Waals surface area contributed by atoms with Gasteiger partial charge in [-0.05, 0) is 56.7 Å². The quantitative estimate of drug-likeness (QED) is 0.295. The molecule has 7 nitrogen and oxygen atoms in total. The van der Waals surface area contributed by atoms with Gasteiger partial charge in [0.15, 0.2) is 5.96 Å². The van der Waals surface area contributed by atoms with Gasteiger partial charge < -0.3 is 20.2 Å². The molecule has 0 bridgehead atoms. The van der Waals surface area contributed by atoms with Crippen LogP contribution in [0.5, 0.6) is 0 Å². The Labute approximate surface area is 184 Å². The van der Waals surface area contributed by atoms with Gasteiger partial charge in [0.2, 0.25) is 0 Å². The molecular weight excluding hydrogens is 386 g/mol. The maximum Gasteiger partial charge on any atom is 0.191 e. The smallest absolute Gasteiger partial charge is 0.191 e. The van der Waals surface area contributed by atoms with Crippen LogP contribution in [0.15, 0.2) is 29.4 Å². The molecule has 1 aliphatic heterocycles. The summed E-state index contributed by atoms with van der Waals surface area (Å²) < 4.78 is 2.34. The van der Waals surface area contributed by atoms with Crippen molar-refractivity contribution >= 4 is 16.9 Å². The van der Waals surface area contributed by atoms with Crippen LogP contribution in [-0.4, -0.2) is 45.3 Å². The Hall–Kier alpha value is -2.83. The Balaban J connectivity index is 1.27. The van der Waals surface area contributed by atoms with Crippen LogP contribution in [0.1, 0.15) is 55.4 Å². The fraction of sp³-hybridized carbons (Fsp3) is 0.542. The highest BCUT2D eigenvalue weighted by Gasteiger charge is 2.14. The van der Waals surface area contributed by atoms with E-state index < -0.39 is 0 Å². The van der Waals surface area contributed by atoms with Crippen LogP contribution >= 0.6 is 0 Å². The summed E-state index contributed by atoms with van der Waals surface area (Å²) in [6, 6.07) is 6.58. The number of nitrogens with zero attached hydrogens (tertiary/aromatic N) is 4. The summed E-state index contributed by atoms with van der Waals surface area (Å²) >= 11 is 0. The van der Waals surface area contributed by atoms with E-state index in [9.17, 15) is 0 Å². The Bertz CT molecular complexity index is 1010. The third-order valence-corrected chi connectivity index (χ3v) is 5.97. The minimum absolute atomic E-state index is 0.782. The molecule has 4 rings (SSSR count). The predicted molar refractivity (Wildman–Crippen MR) is 127 cm³/mol. The van der Waals surface area contributed by atoms with E-state index in [0.717, 1.165) is 63.6 Å². The van der Waals surface area contributed by atoms with Crippen molar-refractivity contribution < 1.29 is 0 Å². The van der Waals surface area contributed by atoms with Gasteiger partial charge in [-0.1, -0.05) is 18.6 Å². The number of aromatic nitrogens is 4. The SMILES string of the molecule is CCNC(=NCCCc1nnc2n1CCCCC2)NCCc1c[nH]c2cc(C)ccc12. The highest BCUT2D eigenvalue weighted by Crippen LogP contribution is 2.19. The minimum Gasteiger partial charge on any atom is -0.361 e. The number of H-pyrrole nitrogens is 1. The Morgan fingerprint density at radius 3 is 3.00 bits per heavy atom. The lowest BCUT2D eigenvalue weighted by Gasteiger charge is -2.11. The molecule has 0 fully saturated rings. The summed E-state index contributed by atoms with van der Waals surface area (Å²) in [4.78, 5) is 8.15. The van der Waals surface area contributed by atoms with E-state index >= 15 is 0 Å². The zero-order valence-corrected chi connectivity index (χ0v) is 18.9. The standard InChI is InChI=1S/C24H35N7/c1-3-25-24(27-14-12-19-17-28-21-16-18(2)10-11-20(19)21)26-13-7-9-23-30-29-22-8-5-4-6-15-31(22)23/h10-11,16-17,28H,3-9,12-15H2,1-2H3,(H2,25,26,27). The van der Waals surface area contributed by atoms with E-state index in [1.807, 2.05) is 0 Å². The lowest BCUT2D eigenvalue weighted by Crippen LogP contribution is -2.38. The minimum atomic E-state index is 0.782. The number of fused-ring (bicyclic) bond motifs is 2. The number of aryl methyl sites for hydroxylation is 3. The second-order valence-corrected chi connectivity index (χ2v) is 8.40. The molecule has 31 heavy (non-hydrogen) atoms. The molecule has 0 saturated heterocycles. The molecule has 3 aromatic rings. The number of aromatic amines is 1. The molecule has 0 unspecified atom stereocenters. The first-order valence-electron chi connectivity index (χ1n) is 11.7. The van der Waals surface area contributed by atoms with Gasteiger partial charge in [-0.2, -0.15) is 0 Å². The third kappa shape index (κ3) is 5.46. The fourth-order valence-corrected chi connectivity index (χ4v) is 4.32. The molecule has 0 aliphatic carbocycles. The van der Waals surface area contributed by atoms with Gasteiger partial charge in [0, 0.05) is 56.1 Å². The van der Waals surface area contributed by atoms with Gasteiger partial charge in [-0.15, -0.1) is 10.2 Å². The molecule has 0 radical (unpaired) electrons. The summed E-state index contributed by atoms with van der Waals surface area (Å²) in [6.45, 7) is 7.78. The number of rotatable bonds is 8. The van der Waals surface area contributed by atoms with Gasteiger partial charge in [-0.3, -0.25) is 4.99 Å². The second kappa shape index (κ2) is 10.5. The highest BCUT2D eigenvalue weighted by molar-refractivity contribution is 5.84. The summed E-state index contributed by atoms with van der Waals surface area (Å²) in [5.41, 5.74) is 3.83. The van der Waals surface area contributed by atoms with Gasteiger partial charge in [0.1, 0.15) is 11.6 Å². The molecular formula is C24H35N7. The molecule has 1 aliphatic rings. The number of guanidine groups is 1. The van der Waals surface area contributed by atoms with E-state index in [1.54, 1.807) is 0 Å². The topological polar surface area (TPSA) is 82.9 Å². The van der Waals surface area contributed by atoms with E-state index in [4.69, 9.17) is 4.99 Å². The van der Waals surface area contributed by atoms with Gasteiger partial charge in [-0.25, -0.2) is 0 Å². The summed E-state index contributed by atoms with van der Waals surface area (Å²) in [5, 5.41) is 17.0. The fourth-order valence-electron chi connectivity index (χ4n) is 4.32. The first kappa shape index (κ1) is 21.4. The van der Waals surface area contributed by atoms with Crippen LogP contribution in [0.4, 0.5) is 0 Å². The second-order valence-electron chi connectivity index (χ2n) is 8.40. The summed E-state index contributed by atoms with van der Waals surface area (Å²) in [7, 11) is 0. The molecule has 3 N–H and O–H groups in total. The molecule has 1 aromatic carbocycles. The van der Waals surface area contributed by atoms with Crippen LogP contribution in [0.2, 0.25) is 0 Å². The average molecular weight is 422 g/mol. The maximum absolute atomic E-state index is 4.77. The van der Waals surface area contributed by atoms with Crippen molar-refractivity contribution in [3.63, 3.8) is 0 Å². The molecule has 0 amide bonds. The Morgan fingerprint density at radius 2 is 2.10 bits per heavy atom. The van der Waals surface area contributed by atoms with Crippen LogP contribution in [0, 0.1) is 6.92 Å². The molecule has 3 heterocycles. The lowest BCUT2D eigenvalue weighted by molar-refractivity contribution is 0.597. The molecule has 166 valence electrons. The first-order chi connectivity index (χ1) is 15.2. The van der Waals surface area contributed by atoms with Crippen LogP contribution in [-0.2, 0) is 25.8 Å². The average Bonchev–Trinajstić information content (AvgIpc) is 3.26. The lowest BCUT2D eigenvalue weighted by atomic mass is 10.1. The predicted octanol–water partition coefficient (Wildman–Crippen LogP) is 3.52. The van der Waals surface area contributed by atoms with Crippen LogP contribution in [0.3, 0.4) is 0 Å². The molecule has 0 spiro atoms. The van der Waals surface area contributed by atoms with Crippen molar-refractivity contribution in [1.82, 2.24) is 30.4 Å². The maximum atomic E-state index is 4.77. The highest BCUT2D eigenvalue weighted by atomic mass is 15.3. The van der Waals surface area contributed by atoms with Crippen molar-refractivity contribution in [1.29, 1.82) is 0 Å². The Kier molecular flexibility index (Phi) is 7.22. The third-order valence-electron chi connectivity index (χ3n) is 5.97. The van der Waals surface area contributed by atoms with Crippen LogP contribution < -0.4 is 10.6 Å². The van der Waals surface area contributed by atoms with Crippen molar-refractivity contribution in [2.75, 3.05) is 19.6 Å². The number of aliphatic imine (C=N–C) groups is 1. The molecule has 7 heteroatoms.